The van der Waals surface area contributed by atoms with Crippen molar-refractivity contribution in [3.63, 3.8) is 0 Å². The van der Waals surface area contributed by atoms with Crippen LogP contribution in [0.3, 0.4) is 0 Å². The average Bonchev–Trinajstić information content (AvgIpc) is 2.99. The number of phenolic OH excluding ortho intramolecular Hbond substituents is 1. The maximum atomic E-state index is 9.59. The second kappa shape index (κ2) is 2.74. The molecule has 0 bridgehead atoms. The number of hydrogen-bond donors (Lipinski definition) is 1. The first kappa shape index (κ1) is 7.86. The summed E-state index contributed by atoms with van der Waals surface area (Å²) < 4.78 is 0. The molecular weight excluding hydrogens is 172 g/mol. The molecule has 70 valence electrons. The van der Waals surface area contributed by atoms with Gasteiger partial charge in [0, 0.05) is 0 Å². The van der Waals surface area contributed by atoms with E-state index in [0.717, 1.165) is 5.39 Å². The predicted octanol–water partition coefficient (Wildman–Crippen LogP) is 3.42. The van der Waals surface area contributed by atoms with Crippen molar-refractivity contribution in [1.82, 2.24) is 0 Å². The molecule has 0 heterocycles. The molecule has 1 aliphatic rings. The second-order valence-corrected chi connectivity index (χ2v) is 4.03. The average molecular weight is 184 g/mol. The summed E-state index contributed by atoms with van der Waals surface area (Å²) in [5.74, 6) is 1.08. The second-order valence-electron chi connectivity index (χ2n) is 4.03. The van der Waals surface area contributed by atoms with Gasteiger partial charge in [-0.3, -0.25) is 0 Å². The van der Waals surface area contributed by atoms with Crippen LogP contribution in [0.2, 0.25) is 0 Å². The number of hydrogen-bond acceptors (Lipinski definition) is 1. The monoisotopic (exact) mass is 184 g/mol. The van der Waals surface area contributed by atoms with Crippen LogP contribution in [0.5, 0.6) is 5.75 Å². The molecule has 0 atom stereocenters. The lowest BCUT2D eigenvalue weighted by Gasteiger charge is -2.05. The lowest BCUT2D eigenvalue weighted by molar-refractivity contribution is 0.475. The summed E-state index contributed by atoms with van der Waals surface area (Å²) in [5.41, 5.74) is 1.32. The summed E-state index contributed by atoms with van der Waals surface area (Å²) in [6, 6.07) is 12.0. The van der Waals surface area contributed by atoms with E-state index in [9.17, 15) is 5.11 Å². The third-order valence-electron chi connectivity index (χ3n) is 2.90. The lowest BCUT2D eigenvalue weighted by Crippen LogP contribution is -1.82. The molecule has 1 aliphatic carbocycles. The molecule has 0 aliphatic heterocycles. The summed E-state index contributed by atoms with van der Waals surface area (Å²) in [6.45, 7) is 0. The minimum atomic E-state index is 0.394. The maximum absolute atomic E-state index is 9.59. The summed E-state index contributed by atoms with van der Waals surface area (Å²) in [4.78, 5) is 0. The van der Waals surface area contributed by atoms with Crippen molar-refractivity contribution in [1.29, 1.82) is 0 Å². The van der Waals surface area contributed by atoms with Gasteiger partial charge >= 0.3 is 0 Å². The fraction of sp³-hybridized carbons (Fsp3) is 0.231. The molecular formula is C13H12O. The minimum Gasteiger partial charge on any atom is -0.508 e. The van der Waals surface area contributed by atoms with E-state index in [1.165, 1.54) is 23.8 Å². The molecule has 1 heteroatoms. The van der Waals surface area contributed by atoms with Crippen molar-refractivity contribution in [2.24, 2.45) is 0 Å². The number of phenols is 1. The molecule has 0 amide bonds. The van der Waals surface area contributed by atoms with Gasteiger partial charge in [-0.05, 0) is 47.2 Å². The molecule has 14 heavy (non-hydrogen) atoms. The Bertz CT molecular complexity index is 484. The van der Waals surface area contributed by atoms with Gasteiger partial charge in [0.2, 0.25) is 0 Å². The highest BCUT2D eigenvalue weighted by atomic mass is 16.3. The molecule has 1 fully saturated rings. The molecule has 0 aromatic heterocycles. The third kappa shape index (κ3) is 1.17. The van der Waals surface area contributed by atoms with Crippen LogP contribution < -0.4 is 0 Å². The third-order valence-corrected chi connectivity index (χ3v) is 2.90. The van der Waals surface area contributed by atoms with Crippen LogP contribution in [0.4, 0.5) is 0 Å². The summed E-state index contributed by atoms with van der Waals surface area (Å²) in [6.07, 6.45) is 2.54. The SMILES string of the molecule is Oc1cc(C2CC2)c2ccccc2c1. The smallest absolute Gasteiger partial charge is 0.116 e. The van der Waals surface area contributed by atoms with E-state index in [-0.39, 0.29) is 0 Å². The number of rotatable bonds is 1. The van der Waals surface area contributed by atoms with Gasteiger partial charge in [0.05, 0.1) is 0 Å². The van der Waals surface area contributed by atoms with Gasteiger partial charge in [0.25, 0.3) is 0 Å². The van der Waals surface area contributed by atoms with Crippen LogP contribution in [-0.2, 0) is 0 Å². The van der Waals surface area contributed by atoms with Gasteiger partial charge in [0.15, 0.2) is 0 Å². The number of fused-ring (bicyclic) bond motifs is 1. The van der Waals surface area contributed by atoms with Gasteiger partial charge in [-0.15, -0.1) is 0 Å². The zero-order valence-electron chi connectivity index (χ0n) is 7.90. The van der Waals surface area contributed by atoms with Gasteiger partial charge in [-0.1, -0.05) is 24.3 Å². The summed E-state index contributed by atoms with van der Waals surface area (Å²) in [7, 11) is 0. The summed E-state index contributed by atoms with van der Waals surface area (Å²) in [5, 5.41) is 12.0. The zero-order valence-corrected chi connectivity index (χ0v) is 7.90. The molecule has 3 rings (SSSR count). The predicted molar refractivity (Wildman–Crippen MR) is 57.6 cm³/mol. The maximum Gasteiger partial charge on any atom is 0.116 e. The quantitative estimate of drug-likeness (QED) is 0.720. The number of aromatic hydroxyl groups is 1. The van der Waals surface area contributed by atoms with Crippen LogP contribution in [0.15, 0.2) is 36.4 Å². The van der Waals surface area contributed by atoms with Crippen molar-refractivity contribution in [2.75, 3.05) is 0 Å². The van der Waals surface area contributed by atoms with Crippen LogP contribution >= 0.6 is 0 Å². The Hall–Kier alpha value is -1.50. The van der Waals surface area contributed by atoms with Crippen molar-refractivity contribution >= 4 is 10.8 Å². The van der Waals surface area contributed by atoms with Gasteiger partial charge < -0.3 is 5.11 Å². The van der Waals surface area contributed by atoms with Gasteiger partial charge in [0.1, 0.15) is 5.75 Å². The van der Waals surface area contributed by atoms with Crippen LogP contribution in [-0.4, -0.2) is 5.11 Å². The van der Waals surface area contributed by atoms with E-state index < -0.39 is 0 Å². The Morgan fingerprint density at radius 1 is 1.07 bits per heavy atom. The molecule has 2 aromatic rings. The molecule has 0 saturated heterocycles. The van der Waals surface area contributed by atoms with E-state index in [1.807, 2.05) is 18.2 Å². The molecule has 0 spiro atoms. The van der Waals surface area contributed by atoms with E-state index in [2.05, 4.69) is 18.2 Å². The van der Waals surface area contributed by atoms with Crippen molar-refractivity contribution in [2.45, 2.75) is 18.8 Å². The van der Waals surface area contributed by atoms with E-state index in [4.69, 9.17) is 0 Å². The highest BCUT2D eigenvalue weighted by Gasteiger charge is 2.25. The molecule has 1 nitrogen and oxygen atoms in total. The Morgan fingerprint density at radius 2 is 1.86 bits per heavy atom. The normalized spacial score (nSPS) is 16.0. The van der Waals surface area contributed by atoms with Crippen LogP contribution in [0.25, 0.3) is 10.8 Å². The summed E-state index contributed by atoms with van der Waals surface area (Å²) >= 11 is 0. The lowest BCUT2D eigenvalue weighted by atomic mass is 10.0. The van der Waals surface area contributed by atoms with Gasteiger partial charge in [-0.25, -0.2) is 0 Å². The molecule has 1 saturated carbocycles. The van der Waals surface area contributed by atoms with Crippen molar-refractivity contribution in [3.05, 3.63) is 42.0 Å². The Kier molecular flexibility index (Phi) is 1.54. The first-order chi connectivity index (χ1) is 6.84. The largest absolute Gasteiger partial charge is 0.508 e. The minimum absolute atomic E-state index is 0.394. The Morgan fingerprint density at radius 3 is 2.64 bits per heavy atom. The zero-order chi connectivity index (χ0) is 9.54. The standard InChI is InChI=1S/C13H12O/c14-11-7-10-3-1-2-4-12(10)13(8-11)9-5-6-9/h1-4,7-9,14H,5-6H2. The fourth-order valence-corrected chi connectivity index (χ4v) is 2.06. The van der Waals surface area contributed by atoms with Gasteiger partial charge in [-0.2, -0.15) is 0 Å². The highest BCUT2D eigenvalue weighted by Crippen LogP contribution is 2.44. The Balaban J connectivity index is 2.34. The molecule has 0 radical (unpaired) electrons. The van der Waals surface area contributed by atoms with Crippen molar-refractivity contribution < 1.29 is 5.11 Å². The first-order valence-electron chi connectivity index (χ1n) is 5.06. The first-order valence-corrected chi connectivity index (χ1v) is 5.06. The highest BCUT2D eigenvalue weighted by molar-refractivity contribution is 5.87. The molecule has 0 unspecified atom stereocenters. The van der Waals surface area contributed by atoms with E-state index >= 15 is 0 Å². The molecule has 2 aromatic carbocycles. The number of benzene rings is 2. The van der Waals surface area contributed by atoms with E-state index in [0.29, 0.717) is 11.7 Å². The van der Waals surface area contributed by atoms with E-state index in [1.54, 1.807) is 0 Å². The Labute approximate surface area is 83.0 Å². The fourth-order valence-electron chi connectivity index (χ4n) is 2.06. The topological polar surface area (TPSA) is 20.2 Å². The molecule has 1 N–H and O–H groups in total. The van der Waals surface area contributed by atoms with Crippen LogP contribution in [0, 0.1) is 0 Å². The van der Waals surface area contributed by atoms with Crippen LogP contribution in [0.1, 0.15) is 24.3 Å². The van der Waals surface area contributed by atoms with Crippen molar-refractivity contribution in [3.8, 4) is 5.75 Å².